The maximum atomic E-state index is 5.67. The van der Waals surface area contributed by atoms with Crippen molar-refractivity contribution in [1.82, 2.24) is 5.32 Å². The predicted molar refractivity (Wildman–Crippen MR) is 66.5 cm³/mol. The summed E-state index contributed by atoms with van der Waals surface area (Å²) >= 11 is 0. The standard InChI is InChI=1S/C13H20N2O/c1-2-16-12-8-9-14-13(10-12)15-11-6-4-3-5-7-11/h3-7,12-15H,2,8-10H2,1H3. The second-order valence-corrected chi connectivity index (χ2v) is 4.12. The van der Waals surface area contributed by atoms with Crippen LogP contribution in [0.25, 0.3) is 0 Å². The van der Waals surface area contributed by atoms with Crippen LogP contribution < -0.4 is 10.6 Å². The monoisotopic (exact) mass is 220 g/mol. The summed E-state index contributed by atoms with van der Waals surface area (Å²) in [5.41, 5.74) is 1.16. The minimum Gasteiger partial charge on any atom is -0.378 e. The molecular formula is C13H20N2O. The first-order valence-electron chi connectivity index (χ1n) is 6.05. The molecule has 0 saturated carbocycles. The highest BCUT2D eigenvalue weighted by molar-refractivity contribution is 5.43. The van der Waals surface area contributed by atoms with Crippen molar-refractivity contribution in [2.75, 3.05) is 18.5 Å². The number of rotatable bonds is 4. The number of para-hydroxylation sites is 1. The minimum absolute atomic E-state index is 0.327. The molecule has 2 N–H and O–H groups in total. The summed E-state index contributed by atoms with van der Waals surface area (Å²) in [6, 6.07) is 10.3. The van der Waals surface area contributed by atoms with Gasteiger partial charge in [-0.25, -0.2) is 0 Å². The highest BCUT2D eigenvalue weighted by Gasteiger charge is 2.21. The van der Waals surface area contributed by atoms with E-state index in [1.807, 2.05) is 18.2 Å². The van der Waals surface area contributed by atoms with Crippen molar-refractivity contribution in [3.8, 4) is 0 Å². The maximum absolute atomic E-state index is 5.67. The molecule has 0 bridgehead atoms. The van der Waals surface area contributed by atoms with Crippen LogP contribution in [0.2, 0.25) is 0 Å². The largest absolute Gasteiger partial charge is 0.378 e. The van der Waals surface area contributed by atoms with Crippen molar-refractivity contribution in [1.29, 1.82) is 0 Å². The fraction of sp³-hybridized carbons (Fsp3) is 0.538. The third-order valence-corrected chi connectivity index (χ3v) is 2.87. The number of anilines is 1. The van der Waals surface area contributed by atoms with E-state index in [4.69, 9.17) is 4.74 Å². The van der Waals surface area contributed by atoms with Crippen molar-refractivity contribution in [3.05, 3.63) is 30.3 Å². The summed E-state index contributed by atoms with van der Waals surface area (Å²) in [4.78, 5) is 0. The predicted octanol–water partition coefficient (Wildman–Crippen LogP) is 2.21. The van der Waals surface area contributed by atoms with Crippen molar-refractivity contribution >= 4 is 5.69 Å². The zero-order chi connectivity index (χ0) is 11.2. The fourth-order valence-corrected chi connectivity index (χ4v) is 2.12. The fourth-order valence-electron chi connectivity index (χ4n) is 2.12. The van der Waals surface area contributed by atoms with E-state index in [2.05, 4.69) is 29.7 Å². The van der Waals surface area contributed by atoms with Gasteiger partial charge in [0.05, 0.1) is 12.3 Å². The summed E-state index contributed by atoms with van der Waals surface area (Å²) in [5, 5.41) is 6.94. The molecule has 3 nitrogen and oxygen atoms in total. The lowest BCUT2D eigenvalue weighted by Gasteiger charge is -2.31. The smallest absolute Gasteiger partial charge is 0.0793 e. The molecule has 3 heteroatoms. The van der Waals surface area contributed by atoms with Gasteiger partial charge in [-0.3, -0.25) is 5.32 Å². The van der Waals surface area contributed by atoms with E-state index in [0.29, 0.717) is 12.3 Å². The highest BCUT2D eigenvalue weighted by atomic mass is 16.5. The molecule has 2 rings (SSSR count). The molecule has 1 heterocycles. The summed E-state index contributed by atoms with van der Waals surface area (Å²) in [7, 11) is 0. The zero-order valence-electron chi connectivity index (χ0n) is 9.78. The summed E-state index contributed by atoms with van der Waals surface area (Å²) in [5.74, 6) is 0. The lowest BCUT2D eigenvalue weighted by Crippen LogP contribution is -2.45. The Morgan fingerprint density at radius 3 is 2.94 bits per heavy atom. The van der Waals surface area contributed by atoms with E-state index >= 15 is 0 Å². The first-order valence-corrected chi connectivity index (χ1v) is 6.05. The number of piperidine rings is 1. The van der Waals surface area contributed by atoms with E-state index in [9.17, 15) is 0 Å². The van der Waals surface area contributed by atoms with Crippen LogP contribution in [0.15, 0.2) is 30.3 Å². The molecule has 0 aromatic heterocycles. The van der Waals surface area contributed by atoms with Crippen molar-refractivity contribution in [2.24, 2.45) is 0 Å². The van der Waals surface area contributed by atoms with Gasteiger partial charge in [0.2, 0.25) is 0 Å². The molecule has 2 atom stereocenters. The summed E-state index contributed by atoms with van der Waals surface area (Å²) in [6.45, 7) is 3.89. The van der Waals surface area contributed by atoms with E-state index in [1.165, 1.54) is 0 Å². The van der Waals surface area contributed by atoms with Gasteiger partial charge in [-0.2, -0.15) is 0 Å². The third-order valence-electron chi connectivity index (χ3n) is 2.87. The Bertz CT molecular complexity index is 300. The average molecular weight is 220 g/mol. The van der Waals surface area contributed by atoms with Crippen molar-refractivity contribution < 1.29 is 4.74 Å². The van der Waals surface area contributed by atoms with Crippen LogP contribution in [0.5, 0.6) is 0 Å². The average Bonchev–Trinajstić information content (AvgIpc) is 2.31. The van der Waals surface area contributed by atoms with Gasteiger partial charge < -0.3 is 10.1 Å². The van der Waals surface area contributed by atoms with E-state index in [1.54, 1.807) is 0 Å². The topological polar surface area (TPSA) is 33.3 Å². The molecule has 1 saturated heterocycles. The lowest BCUT2D eigenvalue weighted by molar-refractivity contribution is 0.0329. The van der Waals surface area contributed by atoms with Crippen LogP contribution in [0.4, 0.5) is 5.69 Å². The molecule has 88 valence electrons. The van der Waals surface area contributed by atoms with Gasteiger partial charge in [0.25, 0.3) is 0 Å². The normalized spacial score (nSPS) is 25.3. The van der Waals surface area contributed by atoms with Gasteiger partial charge >= 0.3 is 0 Å². The van der Waals surface area contributed by atoms with Gasteiger partial charge in [0, 0.05) is 18.7 Å². The maximum Gasteiger partial charge on any atom is 0.0793 e. The zero-order valence-corrected chi connectivity index (χ0v) is 9.78. The molecule has 0 radical (unpaired) electrons. The first kappa shape index (κ1) is 11.4. The Balaban J connectivity index is 1.85. The van der Waals surface area contributed by atoms with Crippen LogP contribution in [-0.4, -0.2) is 25.4 Å². The van der Waals surface area contributed by atoms with Gasteiger partial charge in [-0.15, -0.1) is 0 Å². The Kier molecular flexibility index (Phi) is 4.19. The molecule has 0 amide bonds. The summed E-state index contributed by atoms with van der Waals surface area (Å²) in [6.07, 6.45) is 2.86. The molecule has 1 aromatic carbocycles. The Hall–Kier alpha value is -1.06. The molecule has 1 aliphatic heterocycles. The minimum atomic E-state index is 0.327. The molecule has 1 aromatic rings. The van der Waals surface area contributed by atoms with Crippen LogP contribution in [0.3, 0.4) is 0 Å². The third kappa shape index (κ3) is 3.22. The SMILES string of the molecule is CCOC1CCNC(Nc2ccccc2)C1. The number of ether oxygens (including phenoxy) is 1. The van der Waals surface area contributed by atoms with Gasteiger partial charge in [0.15, 0.2) is 0 Å². The Morgan fingerprint density at radius 2 is 2.19 bits per heavy atom. The Morgan fingerprint density at radius 1 is 1.38 bits per heavy atom. The highest BCUT2D eigenvalue weighted by Crippen LogP contribution is 2.15. The van der Waals surface area contributed by atoms with Gasteiger partial charge in [-0.1, -0.05) is 18.2 Å². The van der Waals surface area contributed by atoms with E-state index < -0.39 is 0 Å². The molecule has 0 spiro atoms. The van der Waals surface area contributed by atoms with Crippen LogP contribution >= 0.6 is 0 Å². The van der Waals surface area contributed by atoms with Crippen molar-refractivity contribution in [2.45, 2.75) is 32.0 Å². The van der Waals surface area contributed by atoms with Gasteiger partial charge in [-0.05, 0) is 32.0 Å². The molecule has 16 heavy (non-hydrogen) atoms. The number of hydrogen-bond donors (Lipinski definition) is 2. The van der Waals surface area contributed by atoms with Gasteiger partial charge in [0.1, 0.15) is 0 Å². The molecule has 1 fully saturated rings. The second-order valence-electron chi connectivity index (χ2n) is 4.12. The summed E-state index contributed by atoms with van der Waals surface area (Å²) < 4.78 is 5.67. The molecule has 1 aliphatic rings. The van der Waals surface area contributed by atoms with Crippen LogP contribution in [-0.2, 0) is 4.74 Å². The van der Waals surface area contributed by atoms with E-state index in [-0.39, 0.29) is 0 Å². The number of benzene rings is 1. The number of hydrogen-bond acceptors (Lipinski definition) is 3. The molecular weight excluding hydrogens is 200 g/mol. The first-order chi connectivity index (χ1) is 7.88. The molecule has 0 aliphatic carbocycles. The van der Waals surface area contributed by atoms with Crippen LogP contribution in [0.1, 0.15) is 19.8 Å². The second kappa shape index (κ2) is 5.87. The van der Waals surface area contributed by atoms with Crippen molar-refractivity contribution in [3.63, 3.8) is 0 Å². The molecule has 2 unspecified atom stereocenters. The van der Waals surface area contributed by atoms with E-state index in [0.717, 1.165) is 31.7 Å². The van der Waals surface area contributed by atoms with Crippen LogP contribution in [0, 0.1) is 0 Å². The number of nitrogens with one attached hydrogen (secondary N) is 2. The quantitative estimate of drug-likeness (QED) is 0.816. The lowest BCUT2D eigenvalue weighted by atomic mass is 10.1. The Labute approximate surface area is 97.2 Å².